The molecule has 106 valence electrons. The van der Waals surface area contributed by atoms with E-state index >= 15 is 0 Å². The molecule has 0 bridgehead atoms. The number of ether oxygens (including phenoxy) is 1. The molecule has 2 aromatic carbocycles. The fourth-order valence-corrected chi connectivity index (χ4v) is 2.79. The molecule has 1 aliphatic heterocycles. The summed E-state index contributed by atoms with van der Waals surface area (Å²) in [6, 6.07) is 14.8. The first kappa shape index (κ1) is 12.7. The van der Waals surface area contributed by atoms with Crippen LogP contribution in [0.15, 0.2) is 51.7 Å². The van der Waals surface area contributed by atoms with Gasteiger partial charge in [0.25, 0.3) is 0 Å². The number of nitrogens with zero attached hydrogens (tertiary/aromatic N) is 1. The second-order valence-corrected chi connectivity index (χ2v) is 5.20. The van der Waals surface area contributed by atoms with E-state index in [4.69, 9.17) is 14.4 Å². The van der Waals surface area contributed by atoms with Gasteiger partial charge in [-0.3, -0.25) is 0 Å². The summed E-state index contributed by atoms with van der Waals surface area (Å²) in [6.45, 7) is 0.677. The van der Waals surface area contributed by atoms with Crippen LogP contribution in [0.1, 0.15) is 11.1 Å². The van der Waals surface area contributed by atoms with Crippen molar-refractivity contribution in [3.63, 3.8) is 0 Å². The molecular formula is C18H11NO3. The van der Waals surface area contributed by atoms with Crippen molar-refractivity contribution in [3.05, 3.63) is 64.0 Å². The van der Waals surface area contributed by atoms with E-state index in [0.717, 1.165) is 28.7 Å². The summed E-state index contributed by atoms with van der Waals surface area (Å²) in [5, 5.41) is 9.83. The number of nitriles is 1. The van der Waals surface area contributed by atoms with Gasteiger partial charge in [-0.1, -0.05) is 18.2 Å². The minimum absolute atomic E-state index is 0.336. The lowest BCUT2D eigenvalue weighted by molar-refractivity contribution is 0.357. The molecule has 4 rings (SSSR count). The molecule has 0 unspecified atom stereocenters. The van der Waals surface area contributed by atoms with Gasteiger partial charge in [0.15, 0.2) is 5.58 Å². The van der Waals surface area contributed by atoms with E-state index in [-0.39, 0.29) is 0 Å². The Hall–Kier alpha value is -3.06. The lowest BCUT2D eigenvalue weighted by Crippen LogP contribution is -2.03. The standard InChI is InChI=1S/C18H11NO3/c19-10-14-3-1-2-13-9-15(18(20)22-17(13)14)11-4-5-16-12(8-11)6-7-21-16/h1-5,8-9H,6-7H2. The van der Waals surface area contributed by atoms with E-state index in [1.165, 1.54) is 0 Å². The summed E-state index contributed by atoms with van der Waals surface area (Å²) < 4.78 is 10.9. The van der Waals surface area contributed by atoms with E-state index in [0.29, 0.717) is 23.3 Å². The van der Waals surface area contributed by atoms with Crippen molar-refractivity contribution in [2.45, 2.75) is 6.42 Å². The van der Waals surface area contributed by atoms with Crippen LogP contribution >= 0.6 is 0 Å². The zero-order valence-corrected chi connectivity index (χ0v) is 11.6. The van der Waals surface area contributed by atoms with Crippen molar-refractivity contribution in [2.75, 3.05) is 6.61 Å². The predicted octanol–water partition coefficient (Wildman–Crippen LogP) is 3.27. The second-order valence-electron chi connectivity index (χ2n) is 5.20. The first-order chi connectivity index (χ1) is 10.8. The Morgan fingerprint density at radius 3 is 2.91 bits per heavy atom. The molecule has 0 atom stereocenters. The molecule has 0 aliphatic carbocycles. The average Bonchev–Trinajstić information content (AvgIpc) is 3.01. The molecule has 0 saturated carbocycles. The molecule has 1 aromatic heterocycles. The normalized spacial score (nSPS) is 12.7. The third kappa shape index (κ3) is 1.87. The largest absolute Gasteiger partial charge is 0.493 e. The second kappa shape index (κ2) is 4.74. The summed E-state index contributed by atoms with van der Waals surface area (Å²) in [7, 11) is 0. The summed E-state index contributed by atoms with van der Waals surface area (Å²) in [5.41, 5.74) is 2.67. The molecule has 0 spiro atoms. The minimum Gasteiger partial charge on any atom is -0.493 e. The zero-order chi connectivity index (χ0) is 15.1. The monoisotopic (exact) mass is 289 g/mol. The van der Waals surface area contributed by atoms with Gasteiger partial charge in [0, 0.05) is 11.8 Å². The van der Waals surface area contributed by atoms with E-state index < -0.39 is 5.63 Å². The van der Waals surface area contributed by atoms with Crippen LogP contribution in [0.5, 0.6) is 5.75 Å². The van der Waals surface area contributed by atoms with Crippen molar-refractivity contribution < 1.29 is 9.15 Å². The van der Waals surface area contributed by atoms with E-state index in [9.17, 15) is 4.79 Å². The maximum atomic E-state index is 12.3. The third-order valence-electron chi connectivity index (χ3n) is 3.88. The van der Waals surface area contributed by atoms with Gasteiger partial charge in [0.2, 0.25) is 0 Å². The van der Waals surface area contributed by atoms with E-state index in [1.807, 2.05) is 30.3 Å². The molecular weight excluding hydrogens is 278 g/mol. The summed E-state index contributed by atoms with van der Waals surface area (Å²) in [4.78, 5) is 12.3. The van der Waals surface area contributed by atoms with Crippen LogP contribution in [0.2, 0.25) is 0 Å². The summed E-state index contributed by atoms with van der Waals surface area (Å²) in [6.07, 6.45) is 0.848. The first-order valence-electron chi connectivity index (χ1n) is 6.99. The Morgan fingerprint density at radius 2 is 2.05 bits per heavy atom. The lowest BCUT2D eigenvalue weighted by atomic mass is 10.0. The molecule has 0 fully saturated rings. The van der Waals surface area contributed by atoms with Crippen molar-refractivity contribution >= 4 is 11.0 Å². The molecule has 0 amide bonds. The maximum absolute atomic E-state index is 12.3. The third-order valence-corrected chi connectivity index (χ3v) is 3.88. The van der Waals surface area contributed by atoms with Crippen LogP contribution < -0.4 is 10.4 Å². The SMILES string of the molecule is N#Cc1cccc2cc(-c3ccc4c(c3)CCO4)c(=O)oc12. The fraction of sp³-hybridized carbons (Fsp3) is 0.111. The number of hydrogen-bond donors (Lipinski definition) is 0. The number of benzene rings is 2. The topological polar surface area (TPSA) is 63.2 Å². The molecule has 2 heterocycles. The number of fused-ring (bicyclic) bond motifs is 2. The molecule has 0 radical (unpaired) electrons. The minimum atomic E-state index is -0.436. The fourth-order valence-electron chi connectivity index (χ4n) is 2.79. The first-order valence-corrected chi connectivity index (χ1v) is 6.99. The highest BCUT2D eigenvalue weighted by Crippen LogP contribution is 2.30. The number of para-hydroxylation sites is 1. The maximum Gasteiger partial charge on any atom is 0.344 e. The van der Waals surface area contributed by atoms with E-state index in [1.54, 1.807) is 18.2 Å². The highest BCUT2D eigenvalue weighted by Gasteiger charge is 2.15. The van der Waals surface area contributed by atoms with Gasteiger partial charge in [-0.25, -0.2) is 4.79 Å². The van der Waals surface area contributed by atoms with Gasteiger partial charge in [-0.05, 0) is 35.4 Å². The molecule has 0 saturated heterocycles. The van der Waals surface area contributed by atoms with Crippen molar-refractivity contribution in [3.8, 4) is 22.9 Å². The Bertz CT molecular complexity index is 995. The Kier molecular flexibility index (Phi) is 2.73. The molecule has 3 aromatic rings. The van der Waals surface area contributed by atoms with Crippen LogP contribution in [0.4, 0.5) is 0 Å². The van der Waals surface area contributed by atoms with Crippen molar-refractivity contribution in [1.29, 1.82) is 5.26 Å². The van der Waals surface area contributed by atoms with Gasteiger partial charge in [0.05, 0.1) is 17.7 Å². The van der Waals surface area contributed by atoms with Gasteiger partial charge < -0.3 is 9.15 Å². The number of rotatable bonds is 1. The molecule has 22 heavy (non-hydrogen) atoms. The highest BCUT2D eigenvalue weighted by molar-refractivity contribution is 5.85. The van der Waals surface area contributed by atoms with E-state index in [2.05, 4.69) is 0 Å². The predicted molar refractivity (Wildman–Crippen MR) is 81.8 cm³/mol. The van der Waals surface area contributed by atoms with Crippen LogP contribution in [0.25, 0.3) is 22.1 Å². The lowest BCUT2D eigenvalue weighted by Gasteiger charge is -2.05. The molecule has 0 N–H and O–H groups in total. The van der Waals surface area contributed by atoms with Crippen LogP contribution in [0, 0.1) is 11.3 Å². The highest BCUT2D eigenvalue weighted by atomic mass is 16.5. The summed E-state index contributed by atoms with van der Waals surface area (Å²) >= 11 is 0. The zero-order valence-electron chi connectivity index (χ0n) is 11.6. The van der Waals surface area contributed by atoms with Crippen LogP contribution in [-0.4, -0.2) is 6.61 Å². The van der Waals surface area contributed by atoms with Crippen LogP contribution in [0.3, 0.4) is 0 Å². The van der Waals surface area contributed by atoms with Gasteiger partial charge >= 0.3 is 5.63 Å². The van der Waals surface area contributed by atoms with Gasteiger partial charge in [0.1, 0.15) is 11.8 Å². The van der Waals surface area contributed by atoms with Gasteiger partial charge in [-0.2, -0.15) is 5.26 Å². The molecule has 4 heteroatoms. The van der Waals surface area contributed by atoms with Gasteiger partial charge in [-0.15, -0.1) is 0 Å². The van der Waals surface area contributed by atoms with Crippen molar-refractivity contribution in [2.24, 2.45) is 0 Å². The average molecular weight is 289 g/mol. The Balaban J connectivity index is 1.95. The smallest absolute Gasteiger partial charge is 0.344 e. The summed E-state index contributed by atoms with van der Waals surface area (Å²) in [5.74, 6) is 0.876. The Labute approximate surface area is 126 Å². The van der Waals surface area contributed by atoms with Crippen LogP contribution in [-0.2, 0) is 6.42 Å². The van der Waals surface area contributed by atoms with Crippen molar-refractivity contribution in [1.82, 2.24) is 0 Å². The molecule has 1 aliphatic rings. The quantitative estimate of drug-likeness (QED) is 0.645. The molecule has 4 nitrogen and oxygen atoms in total. The number of hydrogen-bond acceptors (Lipinski definition) is 4. The Morgan fingerprint density at radius 1 is 1.14 bits per heavy atom.